The minimum Gasteiger partial charge on any atom is -0.352 e. The van der Waals surface area contributed by atoms with Crippen molar-refractivity contribution in [3.8, 4) is 0 Å². The smallest absolute Gasteiger partial charge is 0.264 e. The van der Waals surface area contributed by atoms with Crippen LogP contribution in [0.25, 0.3) is 0 Å². The second-order valence-corrected chi connectivity index (χ2v) is 14.1. The normalized spacial score (nSPS) is 14.3. The Hall–Kier alpha value is -4.50. The summed E-state index contributed by atoms with van der Waals surface area (Å²) in [5.41, 5.74) is 3.46. The number of anilines is 1. The van der Waals surface area contributed by atoms with Crippen LogP contribution in [0.4, 0.5) is 10.1 Å². The van der Waals surface area contributed by atoms with E-state index in [0.717, 1.165) is 53.1 Å². The summed E-state index contributed by atoms with van der Waals surface area (Å²) in [6.45, 7) is 3.17. The first-order valence-corrected chi connectivity index (χ1v) is 17.6. The number of carbonyl (C=O) groups excluding carboxylic acids is 2. The first kappa shape index (κ1) is 33.9. The van der Waals surface area contributed by atoms with Crippen molar-refractivity contribution in [3.63, 3.8) is 0 Å². The predicted octanol–water partition coefficient (Wildman–Crippen LogP) is 6.73. The molecule has 0 aliphatic heterocycles. The van der Waals surface area contributed by atoms with E-state index in [1.54, 1.807) is 42.5 Å². The number of nitrogens with zero attached hydrogens (tertiary/aromatic N) is 2. The quantitative estimate of drug-likeness (QED) is 0.184. The van der Waals surface area contributed by atoms with E-state index in [9.17, 15) is 22.4 Å². The molecule has 5 rings (SSSR count). The lowest BCUT2D eigenvalue weighted by Crippen LogP contribution is -2.55. The molecular formula is C38H42FN3O4S. The van der Waals surface area contributed by atoms with Crippen LogP contribution in [0.3, 0.4) is 0 Å². The van der Waals surface area contributed by atoms with Crippen LogP contribution in [-0.4, -0.2) is 43.8 Å². The fraction of sp³-hybridized carbons (Fsp3) is 0.316. The van der Waals surface area contributed by atoms with Gasteiger partial charge in [0.05, 0.1) is 10.6 Å². The molecule has 0 unspecified atom stereocenters. The van der Waals surface area contributed by atoms with Gasteiger partial charge in [-0.3, -0.25) is 13.9 Å². The molecule has 7 nitrogen and oxygen atoms in total. The number of hydrogen-bond acceptors (Lipinski definition) is 4. The van der Waals surface area contributed by atoms with Crippen molar-refractivity contribution in [2.45, 2.75) is 75.9 Å². The SMILES string of the molecule is Cc1cccc(N(CC(=O)N(Cc2ccc(F)cc2)[C@H](Cc2ccccc2)C(=O)NC2CCCCC2)S(=O)(=O)c2ccccc2)c1C. The number of rotatable bonds is 12. The first-order valence-electron chi connectivity index (χ1n) is 16.2. The van der Waals surface area contributed by atoms with E-state index >= 15 is 0 Å². The van der Waals surface area contributed by atoms with Crippen molar-refractivity contribution < 1.29 is 22.4 Å². The largest absolute Gasteiger partial charge is 0.352 e. The van der Waals surface area contributed by atoms with E-state index < -0.39 is 34.3 Å². The maximum atomic E-state index is 14.7. The Labute approximate surface area is 277 Å². The Balaban J connectivity index is 1.58. The van der Waals surface area contributed by atoms with Gasteiger partial charge in [-0.05, 0) is 79.3 Å². The second kappa shape index (κ2) is 15.4. The molecule has 1 saturated carbocycles. The number of benzene rings is 4. The van der Waals surface area contributed by atoms with Gasteiger partial charge in [-0.15, -0.1) is 0 Å². The average Bonchev–Trinajstić information content (AvgIpc) is 3.08. The van der Waals surface area contributed by atoms with E-state index in [1.165, 1.54) is 29.2 Å². The van der Waals surface area contributed by atoms with Gasteiger partial charge < -0.3 is 10.2 Å². The number of carbonyl (C=O) groups is 2. The van der Waals surface area contributed by atoms with Crippen molar-refractivity contribution in [1.82, 2.24) is 10.2 Å². The zero-order valence-corrected chi connectivity index (χ0v) is 27.8. The summed E-state index contributed by atoms with van der Waals surface area (Å²) in [5, 5.41) is 3.20. The van der Waals surface area contributed by atoms with Gasteiger partial charge in [0.1, 0.15) is 18.4 Å². The number of nitrogens with one attached hydrogen (secondary N) is 1. The lowest BCUT2D eigenvalue weighted by Gasteiger charge is -2.35. The van der Waals surface area contributed by atoms with Gasteiger partial charge in [-0.1, -0.05) is 92.1 Å². The van der Waals surface area contributed by atoms with Crippen molar-refractivity contribution >= 4 is 27.5 Å². The van der Waals surface area contributed by atoms with E-state index in [2.05, 4.69) is 5.32 Å². The second-order valence-electron chi connectivity index (χ2n) is 12.2. The third-order valence-corrected chi connectivity index (χ3v) is 10.7. The number of sulfonamides is 1. The summed E-state index contributed by atoms with van der Waals surface area (Å²) in [5.74, 6) is -1.26. The van der Waals surface area contributed by atoms with Crippen molar-refractivity contribution in [2.24, 2.45) is 0 Å². The van der Waals surface area contributed by atoms with E-state index in [0.29, 0.717) is 11.3 Å². The highest BCUT2D eigenvalue weighted by Crippen LogP contribution is 2.29. The fourth-order valence-corrected chi connectivity index (χ4v) is 7.62. The van der Waals surface area contributed by atoms with Crippen LogP contribution >= 0.6 is 0 Å². The first-order chi connectivity index (χ1) is 22.6. The van der Waals surface area contributed by atoms with Crippen LogP contribution < -0.4 is 9.62 Å². The molecule has 0 spiro atoms. The molecule has 246 valence electrons. The monoisotopic (exact) mass is 655 g/mol. The van der Waals surface area contributed by atoms with Gasteiger partial charge in [0, 0.05) is 19.0 Å². The molecule has 0 radical (unpaired) electrons. The maximum absolute atomic E-state index is 14.7. The lowest BCUT2D eigenvalue weighted by atomic mass is 9.94. The molecule has 1 atom stereocenters. The van der Waals surface area contributed by atoms with Gasteiger partial charge in [-0.25, -0.2) is 12.8 Å². The van der Waals surface area contributed by atoms with Gasteiger partial charge in [0.2, 0.25) is 11.8 Å². The zero-order chi connectivity index (χ0) is 33.4. The van der Waals surface area contributed by atoms with Gasteiger partial charge in [-0.2, -0.15) is 0 Å². The summed E-state index contributed by atoms with van der Waals surface area (Å²) in [7, 11) is -4.19. The van der Waals surface area contributed by atoms with Crippen LogP contribution in [0.1, 0.15) is 54.4 Å². The highest BCUT2D eigenvalue weighted by atomic mass is 32.2. The lowest BCUT2D eigenvalue weighted by molar-refractivity contribution is -0.140. The van der Waals surface area contributed by atoms with E-state index in [4.69, 9.17) is 0 Å². The molecule has 4 aromatic carbocycles. The van der Waals surface area contributed by atoms with Gasteiger partial charge >= 0.3 is 0 Å². The Bertz CT molecular complexity index is 1760. The molecule has 1 aliphatic rings. The maximum Gasteiger partial charge on any atom is 0.264 e. The standard InChI is InChI=1S/C38H42FN3O4S/c1-28-13-12-20-35(29(28)2)42(47(45,46)34-18-10-5-11-19-34)27-37(43)41(26-31-21-23-32(39)24-22-31)36(25-30-14-6-3-7-15-30)38(44)40-33-16-8-4-9-17-33/h3,5-7,10-15,18-24,33,36H,4,8-9,16-17,25-27H2,1-2H3,(H,40,44)/t36-/m1/s1. The minimum atomic E-state index is -4.19. The Morgan fingerprint density at radius 2 is 1.45 bits per heavy atom. The Morgan fingerprint density at radius 1 is 0.809 bits per heavy atom. The van der Waals surface area contributed by atoms with Crippen LogP contribution in [-0.2, 0) is 32.6 Å². The molecular weight excluding hydrogens is 614 g/mol. The number of hydrogen-bond donors (Lipinski definition) is 1. The fourth-order valence-electron chi connectivity index (χ4n) is 6.12. The predicted molar refractivity (Wildman–Crippen MR) is 183 cm³/mol. The molecule has 2 amide bonds. The van der Waals surface area contributed by atoms with Crippen molar-refractivity contribution in [2.75, 3.05) is 10.8 Å². The highest BCUT2D eigenvalue weighted by Gasteiger charge is 2.36. The van der Waals surface area contributed by atoms with Crippen molar-refractivity contribution in [1.29, 1.82) is 0 Å². The zero-order valence-electron chi connectivity index (χ0n) is 26.9. The van der Waals surface area contributed by atoms with Crippen molar-refractivity contribution in [3.05, 3.63) is 131 Å². The summed E-state index contributed by atoms with van der Waals surface area (Å²) >= 11 is 0. The molecule has 4 aromatic rings. The summed E-state index contributed by atoms with van der Waals surface area (Å²) in [4.78, 5) is 30.4. The summed E-state index contributed by atoms with van der Waals surface area (Å²) < 4.78 is 43.5. The Morgan fingerprint density at radius 3 is 2.11 bits per heavy atom. The van der Waals surface area contributed by atoms with Gasteiger partial charge in [0.15, 0.2) is 0 Å². The number of halogens is 1. The Kier molecular flexibility index (Phi) is 11.1. The third-order valence-electron chi connectivity index (χ3n) is 8.94. The molecule has 9 heteroatoms. The molecule has 47 heavy (non-hydrogen) atoms. The van der Waals surface area contributed by atoms with Gasteiger partial charge in [0.25, 0.3) is 10.0 Å². The number of amides is 2. The topological polar surface area (TPSA) is 86.8 Å². The molecule has 1 aliphatic carbocycles. The summed E-state index contributed by atoms with van der Waals surface area (Å²) in [6, 6.07) is 27.7. The minimum absolute atomic E-state index is 0.00203. The molecule has 0 heterocycles. The molecule has 0 bridgehead atoms. The molecule has 0 saturated heterocycles. The molecule has 1 fully saturated rings. The van der Waals surface area contributed by atoms with E-state index in [1.807, 2.05) is 50.2 Å². The summed E-state index contributed by atoms with van der Waals surface area (Å²) in [6.07, 6.45) is 5.13. The van der Waals surface area contributed by atoms with Crippen LogP contribution in [0, 0.1) is 19.7 Å². The highest BCUT2D eigenvalue weighted by molar-refractivity contribution is 7.92. The van der Waals surface area contributed by atoms with Crippen LogP contribution in [0.15, 0.2) is 108 Å². The number of aryl methyl sites for hydroxylation is 1. The van der Waals surface area contributed by atoms with Crippen LogP contribution in [0.2, 0.25) is 0 Å². The third kappa shape index (κ3) is 8.46. The van der Waals surface area contributed by atoms with E-state index in [-0.39, 0.29) is 29.8 Å². The average molecular weight is 656 g/mol. The molecule has 0 aromatic heterocycles. The van der Waals surface area contributed by atoms with Crippen LogP contribution in [0.5, 0.6) is 0 Å². The molecule has 1 N–H and O–H groups in total.